The average Bonchev–Trinajstić information content (AvgIpc) is 2.65. The van der Waals surface area contributed by atoms with Crippen molar-refractivity contribution in [3.05, 3.63) is 25.3 Å². The lowest BCUT2D eigenvalue weighted by atomic mass is 9.93. The highest BCUT2D eigenvalue weighted by atomic mass is 16.7. The molecule has 2 heteroatoms. The van der Waals surface area contributed by atoms with Gasteiger partial charge < -0.3 is 9.47 Å². The summed E-state index contributed by atoms with van der Waals surface area (Å²) in [5.41, 5.74) is 0. The first kappa shape index (κ1) is 24.5. The summed E-state index contributed by atoms with van der Waals surface area (Å²) in [6, 6.07) is 0. The Bertz CT molecular complexity index is 444. The van der Waals surface area contributed by atoms with Gasteiger partial charge in [-0.2, -0.15) is 0 Å². The molecule has 2 nitrogen and oxygen atoms in total. The number of hydrogen-bond acceptors (Lipinski definition) is 2. The van der Waals surface area contributed by atoms with Crippen molar-refractivity contribution in [1.82, 2.24) is 0 Å². The van der Waals surface area contributed by atoms with Crippen LogP contribution < -0.4 is 0 Å². The largest absolute Gasteiger partial charge is 0.359 e. The lowest BCUT2D eigenvalue weighted by Gasteiger charge is -2.13. The molecule has 0 aromatic rings. The molecular weight excluding hydrogens is 320 g/mol. The van der Waals surface area contributed by atoms with Crippen LogP contribution >= 0.6 is 0 Å². The summed E-state index contributed by atoms with van der Waals surface area (Å²) in [6.45, 7) is 8.78. The van der Waals surface area contributed by atoms with Gasteiger partial charge in [-0.1, -0.05) is 25.0 Å². The van der Waals surface area contributed by atoms with E-state index in [0.29, 0.717) is 12.7 Å². The molecule has 0 fully saturated rings. The average molecular weight is 359 g/mol. The Morgan fingerprint density at radius 3 is 2.23 bits per heavy atom. The highest BCUT2D eigenvalue weighted by molar-refractivity contribution is 5.05. The molecule has 0 aliphatic rings. The Morgan fingerprint density at radius 1 is 0.808 bits per heavy atom. The van der Waals surface area contributed by atoms with Crippen LogP contribution in [-0.4, -0.2) is 20.5 Å². The maximum atomic E-state index is 5.32. The van der Waals surface area contributed by atoms with E-state index in [0.717, 1.165) is 58.0 Å². The highest BCUT2D eigenvalue weighted by Gasteiger charge is 2.05. The van der Waals surface area contributed by atoms with Crippen LogP contribution in [0.2, 0.25) is 0 Å². The van der Waals surface area contributed by atoms with Crippen molar-refractivity contribution in [2.45, 2.75) is 77.0 Å². The molecule has 0 saturated heterocycles. The van der Waals surface area contributed by atoms with Crippen LogP contribution in [0.3, 0.4) is 0 Å². The highest BCUT2D eigenvalue weighted by Crippen LogP contribution is 2.19. The third-order valence-electron chi connectivity index (χ3n) is 4.11. The number of hydrogen-bond donors (Lipinski definition) is 0. The first-order valence-corrected chi connectivity index (χ1v) is 10.0. The standard InChI is InChI=1S/C24H38O2/c1-4-6-7-8-9-10-11-12-13-14-15-16-20-24(19-5-2)21-17-18-22-26-23-25-3/h4-5,24H,1-2,6-9,12-13,16-23H2,3H3. The van der Waals surface area contributed by atoms with Gasteiger partial charge in [-0.3, -0.25) is 0 Å². The summed E-state index contributed by atoms with van der Waals surface area (Å²) in [7, 11) is 1.65. The molecule has 0 rings (SSSR count). The summed E-state index contributed by atoms with van der Waals surface area (Å²) in [6.07, 6.45) is 17.0. The molecule has 0 radical (unpaired) electrons. The Kier molecular flexibility index (Phi) is 20.3. The van der Waals surface area contributed by atoms with Gasteiger partial charge in [0.25, 0.3) is 0 Å². The molecule has 1 unspecified atom stereocenters. The van der Waals surface area contributed by atoms with E-state index < -0.39 is 0 Å². The number of unbranched alkanes of at least 4 members (excludes halogenated alkanes) is 5. The fourth-order valence-corrected chi connectivity index (χ4v) is 2.65. The van der Waals surface area contributed by atoms with E-state index in [4.69, 9.17) is 9.47 Å². The predicted molar refractivity (Wildman–Crippen MR) is 113 cm³/mol. The SMILES string of the molecule is C=CCCCCC#CCCC#CCCC(CC=C)CCCCOCOC. The zero-order chi connectivity index (χ0) is 19.1. The van der Waals surface area contributed by atoms with Gasteiger partial charge in [0, 0.05) is 39.4 Å². The van der Waals surface area contributed by atoms with Crippen molar-refractivity contribution in [1.29, 1.82) is 0 Å². The number of ether oxygens (including phenoxy) is 2. The first-order chi connectivity index (χ1) is 12.8. The second-order valence-corrected chi connectivity index (χ2v) is 6.48. The molecule has 26 heavy (non-hydrogen) atoms. The third-order valence-corrected chi connectivity index (χ3v) is 4.11. The van der Waals surface area contributed by atoms with Gasteiger partial charge in [0.1, 0.15) is 6.79 Å². The Balaban J connectivity index is 3.69. The number of methoxy groups -OCH3 is 1. The summed E-state index contributed by atoms with van der Waals surface area (Å²) in [4.78, 5) is 0. The molecule has 0 aliphatic carbocycles. The maximum absolute atomic E-state index is 5.32. The Labute approximate surface area is 162 Å². The van der Waals surface area contributed by atoms with Crippen LogP contribution in [0, 0.1) is 29.6 Å². The monoisotopic (exact) mass is 358 g/mol. The van der Waals surface area contributed by atoms with Crippen LogP contribution in [0.4, 0.5) is 0 Å². The fourth-order valence-electron chi connectivity index (χ4n) is 2.65. The maximum Gasteiger partial charge on any atom is 0.146 e. The minimum Gasteiger partial charge on any atom is -0.359 e. The molecular formula is C24H38O2. The second kappa shape index (κ2) is 21.6. The van der Waals surface area contributed by atoms with E-state index in [9.17, 15) is 0 Å². The predicted octanol–water partition coefficient (Wildman–Crippen LogP) is 6.28. The zero-order valence-electron chi connectivity index (χ0n) is 16.9. The second-order valence-electron chi connectivity index (χ2n) is 6.48. The molecule has 0 N–H and O–H groups in total. The van der Waals surface area contributed by atoms with Crippen LogP contribution in [0.25, 0.3) is 0 Å². The summed E-state index contributed by atoms with van der Waals surface area (Å²) < 4.78 is 10.2. The molecule has 0 heterocycles. The molecule has 0 aliphatic heterocycles. The topological polar surface area (TPSA) is 18.5 Å². The number of allylic oxidation sites excluding steroid dienone is 2. The van der Waals surface area contributed by atoms with Gasteiger partial charge in [-0.05, 0) is 44.4 Å². The zero-order valence-corrected chi connectivity index (χ0v) is 16.9. The van der Waals surface area contributed by atoms with E-state index >= 15 is 0 Å². The van der Waals surface area contributed by atoms with Crippen molar-refractivity contribution in [3.8, 4) is 23.7 Å². The fraction of sp³-hybridized carbons (Fsp3) is 0.667. The summed E-state index contributed by atoms with van der Waals surface area (Å²) >= 11 is 0. The van der Waals surface area contributed by atoms with Gasteiger partial charge in [0.15, 0.2) is 0 Å². The van der Waals surface area contributed by atoms with E-state index in [2.05, 4.69) is 36.8 Å². The van der Waals surface area contributed by atoms with Gasteiger partial charge in [0.05, 0.1) is 0 Å². The first-order valence-electron chi connectivity index (χ1n) is 10.0. The van der Waals surface area contributed by atoms with Gasteiger partial charge in [0.2, 0.25) is 0 Å². The van der Waals surface area contributed by atoms with E-state index in [1.54, 1.807) is 7.11 Å². The van der Waals surface area contributed by atoms with Crippen molar-refractivity contribution < 1.29 is 9.47 Å². The Hall–Kier alpha value is -1.48. The summed E-state index contributed by atoms with van der Waals surface area (Å²) in [5.74, 6) is 13.7. The lowest BCUT2D eigenvalue weighted by molar-refractivity contribution is -0.0317. The van der Waals surface area contributed by atoms with Gasteiger partial charge in [-0.15, -0.1) is 36.8 Å². The van der Waals surface area contributed by atoms with Gasteiger partial charge >= 0.3 is 0 Å². The van der Waals surface area contributed by atoms with Crippen molar-refractivity contribution in [2.75, 3.05) is 20.5 Å². The molecule has 0 spiro atoms. The third kappa shape index (κ3) is 18.9. The molecule has 0 amide bonds. The van der Waals surface area contributed by atoms with Crippen LogP contribution in [-0.2, 0) is 9.47 Å². The van der Waals surface area contributed by atoms with Crippen molar-refractivity contribution >= 4 is 0 Å². The molecule has 0 aromatic carbocycles. The van der Waals surface area contributed by atoms with E-state index in [1.807, 2.05) is 12.2 Å². The van der Waals surface area contributed by atoms with E-state index in [1.165, 1.54) is 25.7 Å². The Morgan fingerprint density at radius 2 is 1.54 bits per heavy atom. The van der Waals surface area contributed by atoms with Crippen LogP contribution in [0.5, 0.6) is 0 Å². The van der Waals surface area contributed by atoms with E-state index in [-0.39, 0.29) is 0 Å². The lowest BCUT2D eigenvalue weighted by Crippen LogP contribution is -2.02. The molecule has 0 saturated carbocycles. The molecule has 0 aromatic heterocycles. The minimum absolute atomic E-state index is 0.394. The molecule has 1 atom stereocenters. The minimum atomic E-state index is 0.394. The van der Waals surface area contributed by atoms with Crippen LogP contribution in [0.15, 0.2) is 25.3 Å². The smallest absolute Gasteiger partial charge is 0.146 e. The van der Waals surface area contributed by atoms with Gasteiger partial charge in [-0.25, -0.2) is 0 Å². The van der Waals surface area contributed by atoms with Crippen LogP contribution in [0.1, 0.15) is 77.0 Å². The number of rotatable bonds is 16. The van der Waals surface area contributed by atoms with Crippen molar-refractivity contribution in [3.63, 3.8) is 0 Å². The molecule has 0 bridgehead atoms. The van der Waals surface area contributed by atoms with Crippen molar-refractivity contribution in [2.24, 2.45) is 5.92 Å². The normalized spacial score (nSPS) is 11.0. The molecule has 146 valence electrons. The summed E-state index contributed by atoms with van der Waals surface area (Å²) in [5, 5.41) is 0. The quantitative estimate of drug-likeness (QED) is 0.140.